The summed E-state index contributed by atoms with van der Waals surface area (Å²) in [6.45, 7) is 22.2. The second-order valence-electron chi connectivity index (χ2n) is 19.2. The molecular formula is C46H46N2O7. The summed E-state index contributed by atoms with van der Waals surface area (Å²) < 4.78 is 31.4. The first-order chi connectivity index (χ1) is 26.0. The van der Waals surface area contributed by atoms with E-state index in [1.807, 2.05) is 12.1 Å². The minimum atomic E-state index is -0.469. The molecule has 0 saturated carbocycles. The van der Waals surface area contributed by atoms with Gasteiger partial charge in [-0.1, -0.05) is 55.4 Å². The van der Waals surface area contributed by atoms with Crippen LogP contribution < -0.4 is 21.1 Å². The zero-order chi connectivity index (χ0) is 38.1. The van der Waals surface area contributed by atoms with Crippen LogP contribution in [0.3, 0.4) is 0 Å². The van der Waals surface area contributed by atoms with Crippen molar-refractivity contribution in [1.82, 2.24) is 0 Å². The molecule has 0 aliphatic carbocycles. The molecule has 0 saturated heterocycles. The molecular weight excluding hydrogens is 693 g/mol. The zero-order valence-corrected chi connectivity index (χ0v) is 32.9. The van der Waals surface area contributed by atoms with Crippen LogP contribution in [0.25, 0.3) is 66.9 Å². The Bertz CT molecular complexity index is 2760. The van der Waals surface area contributed by atoms with Gasteiger partial charge in [-0.2, -0.15) is 0 Å². The lowest BCUT2D eigenvalue weighted by atomic mass is 9.69. The fraction of sp³-hybridized carbons (Fsp3) is 0.435. The molecule has 0 amide bonds. The van der Waals surface area contributed by atoms with Gasteiger partial charge in [-0.05, 0) is 82.7 Å². The predicted molar refractivity (Wildman–Crippen MR) is 216 cm³/mol. The number of fused-ring (bicyclic) bond motifs is 7. The van der Waals surface area contributed by atoms with Crippen LogP contribution in [0, 0.1) is 0 Å². The molecule has 0 unspecified atom stereocenters. The van der Waals surface area contributed by atoms with Gasteiger partial charge in [0, 0.05) is 71.6 Å². The van der Waals surface area contributed by atoms with Crippen molar-refractivity contribution in [2.45, 2.75) is 103 Å². The summed E-state index contributed by atoms with van der Waals surface area (Å²) in [5, 5.41) is 1.76. The van der Waals surface area contributed by atoms with Crippen LogP contribution in [0.5, 0.6) is 0 Å². The highest BCUT2D eigenvalue weighted by Crippen LogP contribution is 2.54. The van der Waals surface area contributed by atoms with E-state index in [0.717, 1.165) is 73.8 Å². The van der Waals surface area contributed by atoms with E-state index in [1.165, 1.54) is 22.5 Å². The zero-order valence-electron chi connectivity index (χ0n) is 32.9. The lowest BCUT2D eigenvalue weighted by Gasteiger charge is -2.48. The molecule has 55 heavy (non-hydrogen) atoms. The van der Waals surface area contributed by atoms with Gasteiger partial charge >= 0.3 is 11.3 Å². The molecule has 0 fully saturated rings. The van der Waals surface area contributed by atoms with E-state index in [9.17, 15) is 9.59 Å². The van der Waals surface area contributed by atoms with Gasteiger partial charge < -0.3 is 31.9 Å². The summed E-state index contributed by atoms with van der Waals surface area (Å²) in [5.41, 5.74) is 9.56. The average Bonchev–Trinajstić information content (AvgIpc) is 3.80. The molecule has 2 aromatic carbocycles. The van der Waals surface area contributed by atoms with Crippen LogP contribution in [0.1, 0.15) is 103 Å². The Labute approximate surface area is 317 Å². The van der Waals surface area contributed by atoms with Crippen molar-refractivity contribution in [1.29, 1.82) is 0 Å². The monoisotopic (exact) mass is 738 g/mol. The summed E-state index contributed by atoms with van der Waals surface area (Å²) in [7, 11) is 0. The van der Waals surface area contributed by atoms with Crippen LogP contribution in [0.15, 0.2) is 68.1 Å². The summed E-state index contributed by atoms with van der Waals surface area (Å²) in [6, 6.07) is 11.6. The average molecular weight is 739 g/mol. The Morgan fingerprint density at radius 2 is 0.836 bits per heavy atom. The molecule has 7 aromatic rings. The van der Waals surface area contributed by atoms with E-state index in [1.54, 1.807) is 12.1 Å². The van der Waals surface area contributed by atoms with Crippen molar-refractivity contribution in [3.05, 3.63) is 79.5 Å². The van der Waals surface area contributed by atoms with Crippen LogP contribution in [0.4, 0.5) is 11.4 Å². The maximum atomic E-state index is 13.8. The van der Waals surface area contributed by atoms with Crippen molar-refractivity contribution in [2.75, 3.05) is 36.0 Å². The topological polar surface area (TPSA) is 106 Å². The van der Waals surface area contributed by atoms with Gasteiger partial charge in [0.05, 0.1) is 0 Å². The maximum absolute atomic E-state index is 13.8. The molecule has 0 bridgehead atoms. The molecule has 4 aliphatic heterocycles. The van der Waals surface area contributed by atoms with Gasteiger partial charge in [-0.25, -0.2) is 9.59 Å². The summed E-state index contributed by atoms with van der Waals surface area (Å²) in [4.78, 5) is 32.5. The van der Waals surface area contributed by atoms with E-state index in [2.05, 4.69) is 77.3 Å². The van der Waals surface area contributed by atoms with Crippen LogP contribution in [0.2, 0.25) is 0 Å². The third-order valence-electron chi connectivity index (χ3n) is 13.8. The molecule has 4 aliphatic rings. The van der Waals surface area contributed by atoms with Gasteiger partial charge in [-0.15, -0.1) is 0 Å². The van der Waals surface area contributed by atoms with Gasteiger partial charge in [0.1, 0.15) is 33.8 Å². The molecule has 0 N–H and O–H groups in total. The fourth-order valence-corrected chi connectivity index (χ4v) is 10.2. The minimum Gasteiger partial charge on any atom is -0.449 e. The SMILES string of the molecule is CC1(C)CCN2CCC(C)(C)c3c2c1cc1cc(-c2cc4oc5cc(-c6cc7cc8c9c(c7oc6=O)C(C)(C)CCN9CCC8(C)C)oc5c4o2)c(=O)oc31. The second kappa shape index (κ2) is 10.4. The quantitative estimate of drug-likeness (QED) is 0.160. The first-order valence-electron chi connectivity index (χ1n) is 19.8. The number of furan rings is 3. The van der Waals surface area contributed by atoms with E-state index >= 15 is 0 Å². The summed E-state index contributed by atoms with van der Waals surface area (Å²) in [6.07, 6.45) is 4.09. The van der Waals surface area contributed by atoms with Gasteiger partial charge in [0.25, 0.3) is 0 Å². The van der Waals surface area contributed by atoms with E-state index < -0.39 is 11.3 Å². The third-order valence-corrected chi connectivity index (χ3v) is 13.8. The Hall–Kier alpha value is -5.18. The van der Waals surface area contributed by atoms with Crippen molar-refractivity contribution >= 4 is 55.6 Å². The van der Waals surface area contributed by atoms with E-state index in [0.29, 0.717) is 56.1 Å². The molecule has 9 nitrogen and oxygen atoms in total. The molecule has 5 aromatic heterocycles. The van der Waals surface area contributed by atoms with Crippen molar-refractivity contribution < 1.29 is 22.1 Å². The largest absolute Gasteiger partial charge is 0.449 e. The molecule has 11 rings (SSSR count). The van der Waals surface area contributed by atoms with Crippen molar-refractivity contribution in [2.24, 2.45) is 0 Å². The highest BCUT2D eigenvalue weighted by atomic mass is 16.4. The highest BCUT2D eigenvalue weighted by Gasteiger charge is 2.44. The smallest absolute Gasteiger partial charge is 0.347 e. The highest BCUT2D eigenvalue weighted by molar-refractivity contribution is 6.01. The molecule has 9 heteroatoms. The van der Waals surface area contributed by atoms with E-state index in [4.69, 9.17) is 22.1 Å². The lowest BCUT2D eigenvalue weighted by molar-refractivity contribution is 0.398. The molecule has 282 valence electrons. The second-order valence-corrected chi connectivity index (χ2v) is 19.2. The van der Waals surface area contributed by atoms with Gasteiger partial charge in [-0.3, -0.25) is 0 Å². The maximum Gasteiger partial charge on any atom is 0.347 e. The Kier molecular flexibility index (Phi) is 6.25. The summed E-state index contributed by atoms with van der Waals surface area (Å²) >= 11 is 0. The number of anilines is 2. The Morgan fingerprint density at radius 1 is 0.455 bits per heavy atom. The Balaban J connectivity index is 1.04. The van der Waals surface area contributed by atoms with Crippen LogP contribution in [-0.2, 0) is 21.7 Å². The van der Waals surface area contributed by atoms with Crippen molar-refractivity contribution in [3.63, 3.8) is 0 Å². The number of hydrogen-bond donors (Lipinski definition) is 0. The van der Waals surface area contributed by atoms with Crippen LogP contribution >= 0.6 is 0 Å². The lowest BCUT2D eigenvalue weighted by Crippen LogP contribution is -2.44. The molecule has 0 atom stereocenters. The number of hydrogen-bond acceptors (Lipinski definition) is 9. The molecule has 9 heterocycles. The van der Waals surface area contributed by atoms with Crippen LogP contribution in [-0.4, -0.2) is 26.2 Å². The normalized spacial score (nSPS) is 20.4. The first-order valence-corrected chi connectivity index (χ1v) is 19.8. The Morgan fingerprint density at radius 3 is 1.24 bits per heavy atom. The van der Waals surface area contributed by atoms with E-state index in [-0.39, 0.29) is 21.7 Å². The standard InChI is InChI=1S/C46H46N2O7/c1-43(2)9-13-47-15-11-45(5,6)33-35(47)27(43)19-23-17-25(41(49)54-37(23)33)29-21-31-39(52-29)40-32(51-31)22-30(53-40)26-18-24-20-28-36-34(38(24)55-42(26)50)46(7,8)12-16-48(36)14-10-44(28,3)4/h17-22H,9-16H2,1-8H3. The predicted octanol–water partition coefficient (Wildman–Crippen LogP) is 10.7. The van der Waals surface area contributed by atoms with Gasteiger partial charge in [0.15, 0.2) is 11.2 Å². The third kappa shape index (κ3) is 4.46. The first kappa shape index (κ1) is 33.2. The van der Waals surface area contributed by atoms with Gasteiger partial charge in [0.2, 0.25) is 11.2 Å². The van der Waals surface area contributed by atoms with Crippen molar-refractivity contribution in [3.8, 4) is 22.6 Å². The molecule has 0 spiro atoms. The number of rotatable bonds is 2. The fourth-order valence-electron chi connectivity index (χ4n) is 10.2. The minimum absolute atomic E-state index is 0.0158. The molecule has 0 radical (unpaired) electrons. The number of nitrogens with zero attached hydrogens (tertiary/aromatic N) is 2. The number of benzene rings is 2. The summed E-state index contributed by atoms with van der Waals surface area (Å²) in [5.74, 6) is 0.665.